The van der Waals surface area contributed by atoms with Gasteiger partial charge in [0.05, 0.1) is 11.4 Å². The Morgan fingerprint density at radius 3 is 1.34 bits per heavy atom. The van der Waals surface area contributed by atoms with Gasteiger partial charge in [-0.3, -0.25) is 0 Å². The molecular weight excluding hydrogens is 452 g/mol. The zero-order chi connectivity index (χ0) is 22.7. The second-order valence-electron chi connectivity index (χ2n) is 9.35. The Balaban J connectivity index is 0.00000253. The summed E-state index contributed by atoms with van der Waals surface area (Å²) in [5.41, 5.74) is 4.58. The normalized spacial score (nSPS) is 13.5. The minimum Gasteiger partial charge on any atom is -0.343 e. The number of amidine groups is 2. The molecule has 2 aliphatic heterocycles. The van der Waals surface area contributed by atoms with E-state index in [0.29, 0.717) is 0 Å². The molecule has 0 amide bonds. The van der Waals surface area contributed by atoms with E-state index in [1.165, 1.54) is 71.4 Å². The molecular formula is C30H31ClN4. The van der Waals surface area contributed by atoms with Crippen LogP contribution in [0.25, 0.3) is 21.5 Å². The van der Waals surface area contributed by atoms with E-state index in [2.05, 4.69) is 83.4 Å². The lowest BCUT2D eigenvalue weighted by Crippen LogP contribution is -2.14. The molecule has 0 atom stereocenters. The largest absolute Gasteiger partial charge is 0.343 e. The molecule has 0 bridgehead atoms. The summed E-state index contributed by atoms with van der Waals surface area (Å²) in [4.78, 5) is 9.76. The van der Waals surface area contributed by atoms with Crippen LogP contribution in [-0.2, 0) is 0 Å². The molecule has 4 aromatic rings. The number of hydrogen-bond donors (Lipinski definition) is 2. The van der Waals surface area contributed by atoms with E-state index in [0.717, 1.165) is 35.9 Å². The lowest BCUT2D eigenvalue weighted by Gasteiger charge is -2.19. The summed E-state index contributed by atoms with van der Waals surface area (Å²) in [6.45, 7) is 0. The minimum atomic E-state index is 0. The fourth-order valence-electron chi connectivity index (χ4n) is 5.22. The number of nitrogens with zero attached hydrogens (tertiary/aromatic N) is 2. The van der Waals surface area contributed by atoms with E-state index >= 15 is 0 Å². The van der Waals surface area contributed by atoms with Crippen LogP contribution in [0.2, 0.25) is 0 Å². The molecule has 0 saturated heterocycles. The average molecular weight is 483 g/mol. The van der Waals surface area contributed by atoms with Gasteiger partial charge in [-0.05, 0) is 47.9 Å². The maximum Gasteiger partial charge on any atom is 0.107 e. The van der Waals surface area contributed by atoms with Gasteiger partial charge in [0.15, 0.2) is 0 Å². The van der Waals surface area contributed by atoms with E-state index in [9.17, 15) is 0 Å². The van der Waals surface area contributed by atoms with E-state index in [1.54, 1.807) is 0 Å². The van der Waals surface area contributed by atoms with E-state index in [1.807, 2.05) is 0 Å². The fraction of sp³-hybridized carbons (Fsp3) is 0.267. The number of hydrogen-bond acceptors (Lipinski definition) is 4. The maximum absolute atomic E-state index is 4.88. The van der Waals surface area contributed by atoms with Crippen molar-refractivity contribution in [1.82, 2.24) is 0 Å². The quantitative estimate of drug-likeness (QED) is 0.233. The Hall–Kier alpha value is -3.37. The molecule has 4 aromatic carbocycles. The van der Waals surface area contributed by atoms with Crippen molar-refractivity contribution >= 4 is 68.4 Å². The molecule has 0 aliphatic carbocycles. The van der Waals surface area contributed by atoms with Gasteiger partial charge in [-0.1, -0.05) is 74.2 Å². The Bertz CT molecular complexity index is 1300. The molecule has 2 heterocycles. The number of halogens is 1. The molecule has 0 radical (unpaired) electrons. The Labute approximate surface area is 213 Å². The number of unbranched alkanes of at least 4 members (excludes halogenated alkanes) is 5. The molecule has 178 valence electrons. The first-order valence-electron chi connectivity index (χ1n) is 12.6. The zero-order valence-corrected chi connectivity index (χ0v) is 20.7. The van der Waals surface area contributed by atoms with Crippen LogP contribution in [0.5, 0.6) is 0 Å². The standard InChI is InChI=1S/C30H30N4.ClH/c1(3-5-19-27-31-23-15-7-11-21-12-8-16-24(32-27)29(21)23)2-4-6-20-28-33-25-17-9-13-22-14-10-18-26(34-28)30(22)25;/h7-18H,1-6,19-20H2,(H,31,32)(H,33,34);1H. The molecule has 0 saturated carbocycles. The summed E-state index contributed by atoms with van der Waals surface area (Å²) >= 11 is 0. The first-order valence-corrected chi connectivity index (χ1v) is 12.6. The summed E-state index contributed by atoms with van der Waals surface area (Å²) in [6, 6.07) is 25.6. The summed E-state index contributed by atoms with van der Waals surface area (Å²) in [5.74, 6) is 2.20. The smallest absolute Gasteiger partial charge is 0.107 e. The summed E-state index contributed by atoms with van der Waals surface area (Å²) in [5, 5.41) is 12.1. The van der Waals surface area contributed by atoms with Gasteiger partial charge < -0.3 is 10.6 Å². The van der Waals surface area contributed by atoms with Crippen molar-refractivity contribution < 1.29 is 0 Å². The van der Waals surface area contributed by atoms with Crippen LogP contribution in [-0.4, -0.2) is 11.7 Å². The van der Waals surface area contributed by atoms with Crippen molar-refractivity contribution in [1.29, 1.82) is 0 Å². The first kappa shape index (κ1) is 23.4. The zero-order valence-electron chi connectivity index (χ0n) is 19.9. The van der Waals surface area contributed by atoms with Gasteiger partial charge in [0.25, 0.3) is 0 Å². The van der Waals surface area contributed by atoms with E-state index in [-0.39, 0.29) is 12.4 Å². The summed E-state index contributed by atoms with van der Waals surface area (Å²) in [6.07, 6.45) is 9.44. The minimum absolute atomic E-state index is 0. The molecule has 5 heteroatoms. The Morgan fingerprint density at radius 1 is 0.486 bits per heavy atom. The Morgan fingerprint density at radius 2 is 0.886 bits per heavy atom. The van der Waals surface area contributed by atoms with Gasteiger partial charge in [-0.2, -0.15) is 0 Å². The highest BCUT2D eigenvalue weighted by Gasteiger charge is 2.15. The number of benzene rings is 4. The van der Waals surface area contributed by atoms with Gasteiger partial charge in [0.2, 0.25) is 0 Å². The number of aliphatic imine (C=N–C) groups is 2. The highest BCUT2D eigenvalue weighted by molar-refractivity contribution is 6.14. The van der Waals surface area contributed by atoms with Crippen LogP contribution in [0.4, 0.5) is 22.7 Å². The van der Waals surface area contributed by atoms with Crippen molar-refractivity contribution in [2.75, 3.05) is 10.6 Å². The third-order valence-corrected chi connectivity index (χ3v) is 6.91. The molecule has 0 unspecified atom stereocenters. The summed E-state index contributed by atoms with van der Waals surface area (Å²) in [7, 11) is 0. The average Bonchev–Trinajstić information content (AvgIpc) is 2.86. The SMILES string of the molecule is Cl.c1cc2c3c(cccc3c1)NC(CCCCCCCCC1=Nc3cccc4cccc(c34)N1)=N2. The van der Waals surface area contributed by atoms with Gasteiger partial charge in [0.1, 0.15) is 11.7 Å². The van der Waals surface area contributed by atoms with Crippen molar-refractivity contribution in [3.8, 4) is 0 Å². The van der Waals surface area contributed by atoms with Gasteiger partial charge in [-0.25, -0.2) is 9.98 Å². The number of nitrogens with one attached hydrogen (secondary N) is 2. The molecule has 6 rings (SSSR count). The molecule has 0 fully saturated rings. The van der Waals surface area contributed by atoms with Crippen molar-refractivity contribution in [2.24, 2.45) is 9.98 Å². The molecule has 2 aliphatic rings. The first-order chi connectivity index (χ1) is 16.8. The molecule has 2 N–H and O–H groups in total. The van der Waals surface area contributed by atoms with Gasteiger partial charge >= 0.3 is 0 Å². The summed E-state index contributed by atoms with van der Waals surface area (Å²) < 4.78 is 0. The maximum atomic E-state index is 4.88. The molecule has 0 spiro atoms. The van der Waals surface area contributed by atoms with Crippen LogP contribution < -0.4 is 10.6 Å². The van der Waals surface area contributed by atoms with Crippen LogP contribution >= 0.6 is 12.4 Å². The highest BCUT2D eigenvalue weighted by atomic mass is 35.5. The Kier molecular flexibility index (Phi) is 7.01. The van der Waals surface area contributed by atoms with E-state index < -0.39 is 0 Å². The number of anilines is 2. The van der Waals surface area contributed by atoms with Crippen LogP contribution in [0.15, 0.2) is 82.8 Å². The second-order valence-corrected chi connectivity index (χ2v) is 9.35. The molecule has 4 nitrogen and oxygen atoms in total. The number of rotatable bonds is 9. The second kappa shape index (κ2) is 10.5. The predicted molar refractivity (Wildman–Crippen MR) is 154 cm³/mol. The lowest BCUT2D eigenvalue weighted by molar-refractivity contribution is 0.607. The lowest BCUT2D eigenvalue weighted by atomic mass is 10.0. The van der Waals surface area contributed by atoms with Crippen molar-refractivity contribution in [3.05, 3.63) is 72.8 Å². The van der Waals surface area contributed by atoms with Gasteiger partial charge in [-0.15, -0.1) is 12.4 Å². The van der Waals surface area contributed by atoms with Crippen LogP contribution in [0, 0.1) is 0 Å². The van der Waals surface area contributed by atoms with Crippen molar-refractivity contribution in [2.45, 2.75) is 51.4 Å². The predicted octanol–water partition coefficient (Wildman–Crippen LogP) is 9.15. The highest BCUT2D eigenvalue weighted by Crippen LogP contribution is 2.37. The monoisotopic (exact) mass is 482 g/mol. The van der Waals surface area contributed by atoms with Crippen LogP contribution in [0.3, 0.4) is 0 Å². The topological polar surface area (TPSA) is 48.8 Å². The third-order valence-electron chi connectivity index (χ3n) is 6.91. The fourth-order valence-corrected chi connectivity index (χ4v) is 5.22. The third kappa shape index (κ3) is 4.89. The van der Waals surface area contributed by atoms with Gasteiger partial charge in [0, 0.05) is 35.0 Å². The van der Waals surface area contributed by atoms with Crippen molar-refractivity contribution in [3.63, 3.8) is 0 Å². The molecule has 35 heavy (non-hydrogen) atoms. The van der Waals surface area contributed by atoms with E-state index in [4.69, 9.17) is 9.98 Å². The molecule has 0 aromatic heterocycles. The van der Waals surface area contributed by atoms with Crippen LogP contribution in [0.1, 0.15) is 51.4 Å².